The largest absolute Gasteiger partial charge is 0.493 e. The zero-order chi connectivity index (χ0) is 20.4. The van der Waals surface area contributed by atoms with Crippen molar-refractivity contribution < 1.29 is 9.47 Å². The van der Waals surface area contributed by atoms with Crippen LogP contribution in [0, 0.1) is 6.92 Å². The van der Waals surface area contributed by atoms with Crippen LogP contribution < -0.4 is 15.4 Å². The van der Waals surface area contributed by atoms with Gasteiger partial charge < -0.3 is 20.1 Å². The summed E-state index contributed by atoms with van der Waals surface area (Å²) in [6, 6.07) is 7.55. The van der Waals surface area contributed by atoms with Gasteiger partial charge in [-0.2, -0.15) is 0 Å². The third-order valence-electron chi connectivity index (χ3n) is 5.11. The number of hydrogen-bond acceptors (Lipinski definition) is 4. The predicted octanol–water partition coefficient (Wildman–Crippen LogP) is 3.57. The summed E-state index contributed by atoms with van der Waals surface area (Å²) in [5.41, 5.74) is 2.29. The Morgan fingerprint density at radius 1 is 1.28 bits per heavy atom. The molecule has 29 heavy (non-hydrogen) atoms. The Morgan fingerprint density at radius 2 is 2.03 bits per heavy atom. The minimum absolute atomic E-state index is 0. The smallest absolute Gasteiger partial charge is 0.191 e. The highest BCUT2D eigenvalue weighted by atomic mass is 127. The van der Waals surface area contributed by atoms with Crippen LogP contribution in [0.15, 0.2) is 23.2 Å². The number of aliphatic imine (C=N–C) groups is 1. The van der Waals surface area contributed by atoms with Gasteiger partial charge in [-0.1, -0.05) is 12.1 Å². The quantitative estimate of drug-likeness (QED) is 0.192. The molecule has 0 heterocycles. The Bertz CT molecular complexity index is 623. The Morgan fingerprint density at radius 3 is 2.69 bits per heavy atom. The molecule has 1 saturated carbocycles. The van der Waals surface area contributed by atoms with E-state index in [1.54, 1.807) is 7.11 Å². The van der Waals surface area contributed by atoms with Crippen molar-refractivity contribution in [3.05, 3.63) is 29.3 Å². The lowest BCUT2D eigenvalue weighted by molar-refractivity contribution is 0.172. The molecule has 0 radical (unpaired) electrons. The summed E-state index contributed by atoms with van der Waals surface area (Å²) in [5, 5.41) is 6.83. The molecule has 7 heteroatoms. The molecule has 0 bridgehead atoms. The lowest BCUT2D eigenvalue weighted by atomic mass is 10.1. The van der Waals surface area contributed by atoms with Crippen LogP contribution in [0.1, 0.15) is 44.2 Å². The lowest BCUT2D eigenvalue weighted by Crippen LogP contribution is -2.45. The number of ether oxygens (including phenoxy) is 2. The van der Waals surface area contributed by atoms with E-state index in [9.17, 15) is 0 Å². The molecule has 1 fully saturated rings. The minimum Gasteiger partial charge on any atom is -0.493 e. The van der Waals surface area contributed by atoms with Gasteiger partial charge in [0.15, 0.2) is 5.96 Å². The Labute approximate surface area is 193 Å². The summed E-state index contributed by atoms with van der Waals surface area (Å²) < 4.78 is 11.1. The van der Waals surface area contributed by atoms with E-state index >= 15 is 0 Å². The van der Waals surface area contributed by atoms with Crippen molar-refractivity contribution in [2.45, 2.75) is 58.7 Å². The molecule has 1 aliphatic rings. The fraction of sp³-hybridized carbons (Fsp3) is 0.682. The molecule has 1 aromatic rings. The third kappa shape index (κ3) is 9.53. The van der Waals surface area contributed by atoms with Gasteiger partial charge in [0.05, 0.1) is 13.2 Å². The van der Waals surface area contributed by atoms with E-state index in [4.69, 9.17) is 14.5 Å². The zero-order valence-corrected chi connectivity index (χ0v) is 21.0. The molecule has 2 N–H and O–H groups in total. The molecule has 1 atom stereocenters. The third-order valence-corrected chi connectivity index (χ3v) is 5.11. The first-order chi connectivity index (χ1) is 13.5. The van der Waals surface area contributed by atoms with Gasteiger partial charge in [-0.15, -0.1) is 24.0 Å². The summed E-state index contributed by atoms with van der Waals surface area (Å²) in [4.78, 5) is 7.24. The Hall–Kier alpha value is -1.06. The van der Waals surface area contributed by atoms with Gasteiger partial charge in [0.1, 0.15) is 5.75 Å². The second-order valence-electron chi connectivity index (χ2n) is 7.63. The topological polar surface area (TPSA) is 58.1 Å². The molecule has 6 nitrogen and oxygen atoms in total. The van der Waals surface area contributed by atoms with Crippen LogP contribution in [-0.4, -0.2) is 63.4 Å². The molecule has 166 valence electrons. The van der Waals surface area contributed by atoms with Crippen molar-refractivity contribution >= 4 is 29.9 Å². The second kappa shape index (κ2) is 14.0. The summed E-state index contributed by atoms with van der Waals surface area (Å²) >= 11 is 0. The predicted molar refractivity (Wildman–Crippen MR) is 132 cm³/mol. The SMILES string of the molecule is CCNC(=NCc1ccc(C)cc1OCCCOC)NCC(C)N(C)C1CC1.I. The Kier molecular flexibility index (Phi) is 12.6. The van der Waals surface area contributed by atoms with Gasteiger partial charge in [-0.3, -0.25) is 4.90 Å². The van der Waals surface area contributed by atoms with E-state index in [1.807, 2.05) is 0 Å². The maximum Gasteiger partial charge on any atom is 0.191 e. The number of halogens is 1. The van der Waals surface area contributed by atoms with Crippen molar-refractivity contribution in [3.63, 3.8) is 0 Å². The monoisotopic (exact) mass is 518 g/mol. The van der Waals surface area contributed by atoms with Crippen molar-refractivity contribution in [1.29, 1.82) is 0 Å². The highest BCUT2D eigenvalue weighted by Gasteiger charge is 2.28. The van der Waals surface area contributed by atoms with E-state index < -0.39 is 0 Å². The summed E-state index contributed by atoms with van der Waals surface area (Å²) in [6.45, 7) is 10.1. The summed E-state index contributed by atoms with van der Waals surface area (Å²) in [7, 11) is 3.93. The van der Waals surface area contributed by atoms with Crippen LogP contribution >= 0.6 is 24.0 Å². The van der Waals surface area contributed by atoms with Gasteiger partial charge in [-0.05, 0) is 52.3 Å². The van der Waals surface area contributed by atoms with E-state index in [2.05, 4.69) is 61.6 Å². The zero-order valence-electron chi connectivity index (χ0n) is 18.7. The maximum atomic E-state index is 5.98. The van der Waals surface area contributed by atoms with Crippen molar-refractivity contribution in [1.82, 2.24) is 15.5 Å². The van der Waals surface area contributed by atoms with Crippen LogP contribution in [0.25, 0.3) is 0 Å². The van der Waals surface area contributed by atoms with Gasteiger partial charge in [0, 0.05) is 50.9 Å². The second-order valence-corrected chi connectivity index (χ2v) is 7.63. The number of aryl methyl sites for hydroxylation is 1. The van der Waals surface area contributed by atoms with E-state index in [-0.39, 0.29) is 24.0 Å². The molecule has 0 amide bonds. The molecule has 0 spiro atoms. The molecule has 1 unspecified atom stereocenters. The van der Waals surface area contributed by atoms with Crippen molar-refractivity contribution in [3.8, 4) is 5.75 Å². The number of methoxy groups -OCH3 is 1. The molecule has 2 rings (SSSR count). The standard InChI is InChI=1S/C22H38N4O2.HI/c1-6-23-22(24-15-18(3)26(4)20-10-11-20)25-16-19-9-8-17(2)14-21(19)28-13-7-12-27-5;/h8-9,14,18,20H,6-7,10-13,15-16H2,1-5H3,(H2,23,24,25);1H. The fourth-order valence-corrected chi connectivity index (χ4v) is 3.05. The molecule has 0 saturated heterocycles. The van der Waals surface area contributed by atoms with Gasteiger partial charge in [0.2, 0.25) is 0 Å². The number of likely N-dealkylation sites (N-methyl/N-ethyl adjacent to an activating group) is 1. The highest BCUT2D eigenvalue weighted by Crippen LogP contribution is 2.26. The van der Waals surface area contributed by atoms with Crippen LogP contribution in [0.5, 0.6) is 5.75 Å². The van der Waals surface area contributed by atoms with Crippen LogP contribution in [0.2, 0.25) is 0 Å². The van der Waals surface area contributed by atoms with Gasteiger partial charge in [0.25, 0.3) is 0 Å². The molecular weight excluding hydrogens is 479 g/mol. The molecular formula is C22H39IN4O2. The highest BCUT2D eigenvalue weighted by molar-refractivity contribution is 14.0. The average molecular weight is 518 g/mol. The van der Waals surface area contributed by atoms with Crippen LogP contribution in [-0.2, 0) is 11.3 Å². The summed E-state index contributed by atoms with van der Waals surface area (Å²) in [6.07, 6.45) is 3.54. The van der Waals surface area contributed by atoms with E-state index in [0.29, 0.717) is 25.8 Å². The molecule has 0 aliphatic heterocycles. The first-order valence-electron chi connectivity index (χ1n) is 10.5. The average Bonchev–Trinajstić information content (AvgIpc) is 3.53. The number of nitrogens with zero attached hydrogens (tertiary/aromatic N) is 2. The number of guanidine groups is 1. The van der Waals surface area contributed by atoms with E-state index in [0.717, 1.165) is 42.8 Å². The van der Waals surface area contributed by atoms with E-state index in [1.165, 1.54) is 18.4 Å². The molecule has 0 aromatic heterocycles. The number of hydrogen-bond donors (Lipinski definition) is 2. The number of nitrogens with one attached hydrogen (secondary N) is 2. The normalized spacial score (nSPS) is 15.0. The van der Waals surface area contributed by atoms with Crippen molar-refractivity contribution in [2.75, 3.05) is 40.5 Å². The Balaban J connectivity index is 0.00000420. The summed E-state index contributed by atoms with van der Waals surface area (Å²) in [5.74, 6) is 1.77. The number of benzene rings is 1. The first-order valence-corrected chi connectivity index (χ1v) is 10.5. The van der Waals surface area contributed by atoms with Crippen molar-refractivity contribution in [2.24, 2.45) is 4.99 Å². The van der Waals surface area contributed by atoms with Gasteiger partial charge in [-0.25, -0.2) is 4.99 Å². The molecule has 1 aromatic carbocycles. The fourth-order valence-electron chi connectivity index (χ4n) is 3.05. The lowest BCUT2D eigenvalue weighted by Gasteiger charge is -2.25. The number of rotatable bonds is 12. The molecule has 1 aliphatic carbocycles. The first kappa shape index (κ1) is 26.0. The maximum absolute atomic E-state index is 5.98. The minimum atomic E-state index is 0. The van der Waals surface area contributed by atoms with Gasteiger partial charge >= 0.3 is 0 Å². The van der Waals surface area contributed by atoms with Crippen LogP contribution in [0.3, 0.4) is 0 Å². The van der Waals surface area contributed by atoms with Crippen LogP contribution in [0.4, 0.5) is 0 Å².